The van der Waals surface area contributed by atoms with Gasteiger partial charge < -0.3 is 14.6 Å². The molecule has 0 spiro atoms. The normalized spacial score (nSPS) is 19.1. The summed E-state index contributed by atoms with van der Waals surface area (Å²) >= 11 is 1.05. The fraction of sp³-hybridized carbons (Fsp3) is 0.212. The monoisotopic (exact) mass is 580 g/mol. The van der Waals surface area contributed by atoms with Gasteiger partial charge in [0.15, 0.2) is 10.9 Å². The number of aliphatic hydroxyl groups is 1. The van der Waals surface area contributed by atoms with E-state index in [4.69, 9.17) is 9.47 Å². The first-order valence-corrected chi connectivity index (χ1v) is 14.4. The number of carbonyl (C=O) groups excluding carboxylic acids is 3. The van der Waals surface area contributed by atoms with Crippen molar-refractivity contribution in [2.45, 2.75) is 45.9 Å². The molecular weight excluding hydrogens is 552 g/mol. The van der Waals surface area contributed by atoms with Gasteiger partial charge in [0.25, 0.3) is 5.78 Å². The van der Waals surface area contributed by atoms with Crippen molar-refractivity contribution < 1.29 is 29.0 Å². The number of rotatable bonds is 7. The quantitative estimate of drug-likeness (QED) is 0.120. The fourth-order valence-electron chi connectivity index (χ4n) is 5.40. The Bertz CT molecular complexity index is 1760. The average molecular weight is 581 g/mol. The van der Waals surface area contributed by atoms with Crippen LogP contribution in [0, 0.1) is 6.92 Å². The summed E-state index contributed by atoms with van der Waals surface area (Å²) in [4.78, 5) is 45.6. The molecule has 3 heterocycles. The number of aliphatic hydroxyl groups excluding tert-OH is 1. The van der Waals surface area contributed by atoms with E-state index in [9.17, 15) is 19.5 Å². The minimum Gasteiger partial charge on any atom is -0.507 e. The second-order valence-electron chi connectivity index (χ2n) is 10.4. The van der Waals surface area contributed by atoms with E-state index in [0.29, 0.717) is 40.5 Å². The van der Waals surface area contributed by atoms with Crippen LogP contribution in [-0.4, -0.2) is 33.7 Å². The van der Waals surface area contributed by atoms with Gasteiger partial charge in [-0.05, 0) is 60.9 Å². The Morgan fingerprint density at radius 3 is 2.62 bits per heavy atom. The van der Waals surface area contributed by atoms with E-state index >= 15 is 0 Å². The van der Waals surface area contributed by atoms with Crippen LogP contribution in [0.5, 0.6) is 11.5 Å². The summed E-state index contributed by atoms with van der Waals surface area (Å²) in [5, 5.41) is 11.8. The number of nitrogens with zero attached hydrogens (tertiary/aromatic N) is 2. The molecule has 42 heavy (non-hydrogen) atoms. The van der Waals surface area contributed by atoms with Gasteiger partial charge in [0, 0.05) is 18.9 Å². The van der Waals surface area contributed by atoms with E-state index in [-0.39, 0.29) is 28.4 Å². The predicted octanol–water partition coefficient (Wildman–Crippen LogP) is 6.18. The molecule has 6 rings (SSSR count). The summed E-state index contributed by atoms with van der Waals surface area (Å²) in [5.74, 6) is -0.886. The summed E-state index contributed by atoms with van der Waals surface area (Å²) in [6.07, 6.45) is 0.673. The molecule has 1 saturated heterocycles. The topological polar surface area (TPSA) is 106 Å². The lowest BCUT2D eigenvalue weighted by Gasteiger charge is -2.23. The van der Waals surface area contributed by atoms with Crippen molar-refractivity contribution in [1.29, 1.82) is 0 Å². The van der Waals surface area contributed by atoms with Crippen LogP contribution in [0.25, 0.3) is 5.76 Å². The van der Waals surface area contributed by atoms with Crippen LogP contribution >= 0.6 is 11.3 Å². The number of amides is 1. The van der Waals surface area contributed by atoms with E-state index in [0.717, 1.165) is 28.2 Å². The lowest BCUT2D eigenvalue weighted by Crippen LogP contribution is -2.29. The summed E-state index contributed by atoms with van der Waals surface area (Å²) < 4.78 is 11.8. The number of ketones is 2. The smallest absolute Gasteiger partial charge is 0.301 e. The number of hydrogen-bond acceptors (Lipinski definition) is 8. The van der Waals surface area contributed by atoms with Crippen molar-refractivity contribution in [2.24, 2.45) is 0 Å². The van der Waals surface area contributed by atoms with Gasteiger partial charge in [-0.3, -0.25) is 19.3 Å². The maximum absolute atomic E-state index is 13.6. The van der Waals surface area contributed by atoms with E-state index in [2.05, 4.69) is 4.98 Å². The number of benzene rings is 3. The van der Waals surface area contributed by atoms with Crippen LogP contribution in [0.3, 0.4) is 0 Å². The van der Waals surface area contributed by atoms with Crippen molar-refractivity contribution in [3.63, 3.8) is 0 Å². The van der Waals surface area contributed by atoms with Gasteiger partial charge in [0.2, 0.25) is 0 Å². The third-order valence-electron chi connectivity index (χ3n) is 7.35. The van der Waals surface area contributed by atoms with Crippen LogP contribution in [0.1, 0.15) is 57.5 Å². The molecule has 8 nitrogen and oxygen atoms in total. The highest BCUT2D eigenvalue weighted by molar-refractivity contribution is 7.18. The molecule has 4 aromatic rings. The summed E-state index contributed by atoms with van der Waals surface area (Å²) in [5.41, 5.74) is 3.26. The molecule has 1 amide bonds. The highest BCUT2D eigenvalue weighted by Crippen LogP contribution is 2.45. The van der Waals surface area contributed by atoms with Crippen LogP contribution < -0.4 is 14.4 Å². The number of ether oxygens (including phenoxy) is 2. The molecule has 3 aromatic carbocycles. The number of hydrogen-bond donors (Lipinski definition) is 1. The van der Waals surface area contributed by atoms with E-state index in [1.54, 1.807) is 49.4 Å². The Morgan fingerprint density at radius 1 is 1.10 bits per heavy atom. The summed E-state index contributed by atoms with van der Waals surface area (Å²) in [7, 11) is 0. The Labute approximate surface area is 246 Å². The first-order valence-electron chi connectivity index (χ1n) is 13.6. The molecule has 212 valence electrons. The molecule has 2 aliphatic heterocycles. The lowest BCUT2D eigenvalue weighted by molar-refractivity contribution is -0.132. The Balaban J connectivity index is 1.46. The van der Waals surface area contributed by atoms with Crippen molar-refractivity contribution in [2.75, 3.05) is 4.90 Å². The number of aromatic nitrogens is 1. The SMILES string of the molecule is CC(=O)c1sc(N2C(=O)C(=O)/C(=C(\O)c3ccc4c(c3)CC(C)O4)C2c2cccc(OCc3ccccc3)c2)nc1C. The lowest BCUT2D eigenvalue weighted by atomic mass is 9.94. The summed E-state index contributed by atoms with van der Waals surface area (Å²) in [6.45, 7) is 5.41. The maximum Gasteiger partial charge on any atom is 0.301 e. The zero-order valence-corrected chi connectivity index (χ0v) is 24.1. The van der Waals surface area contributed by atoms with Gasteiger partial charge in [0.05, 0.1) is 22.2 Å². The molecule has 0 bridgehead atoms. The fourth-order valence-corrected chi connectivity index (χ4v) is 6.39. The summed E-state index contributed by atoms with van der Waals surface area (Å²) in [6, 6.07) is 21.0. The maximum atomic E-state index is 13.6. The minimum absolute atomic E-state index is 0.00483. The third kappa shape index (κ3) is 4.96. The molecule has 0 aliphatic carbocycles. The molecule has 1 fully saturated rings. The minimum atomic E-state index is -1.00. The van der Waals surface area contributed by atoms with Crippen LogP contribution in [0.15, 0.2) is 78.4 Å². The molecule has 9 heteroatoms. The largest absolute Gasteiger partial charge is 0.507 e. The molecule has 2 unspecified atom stereocenters. The number of carbonyl (C=O) groups is 3. The van der Waals surface area contributed by atoms with Crippen LogP contribution in [-0.2, 0) is 22.6 Å². The number of Topliss-reactive ketones (excluding diaryl/α,β-unsaturated/α-hetero) is 2. The third-order valence-corrected chi connectivity index (χ3v) is 8.60. The molecule has 0 radical (unpaired) electrons. The Morgan fingerprint density at radius 2 is 1.88 bits per heavy atom. The van der Waals surface area contributed by atoms with Crippen LogP contribution in [0.2, 0.25) is 0 Å². The van der Waals surface area contributed by atoms with Crippen molar-refractivity contribution >= 4 is 39.7 Å². The van der Waals surface area contributed by atoms with Crippen molar-refractivity contribution in [1.82, 2.24) is 4.98 Å². The molecule has 1 aromatic heterocycles. The standard InChI is InChI=1S/C33H28N2O6S/c1-18-14-24-15-23(12-13-26(24)41-18)29(37)27-28(22-10-7-11-25(16-22)40-17-21-8-5-4-6-9-21)35(32(39)30(27)38)33-34-19(2)31(42-33)20(3)36/h4-13,15-16,18,28,37H,14,17H2,1-3H3/b29-27-. The molecule has 1 N–H and O–H groups in total. The highest BCUT2D eigenvalue weighted by atomic mass is 32.1. The van der Waals surface area contributed by atoms with Crippen molar-refractivity contribution in [3.8, 4) is 11.5 Å². The van der Waals surface area contributed by atoms with Gasteiger partial charge in [0.1, 0.15) is 30.0 Å². The second kappa shape index (κ2) is 10.9. The van der Waals surface area contributed by atoms with Gasteiger partial charge in [-0.1, -0.05) is 53.8 Å². The Hall–Kier alpha value is -4.76. The van der Waals surface area contributed by atoms with Gasteiger partial charge >= 0.3 is 5.91 Å². The van der Waals surface area contributed by atoms with E-state index in [1.165, 1.54) is 11.8 Å². The van der Waals surface area contributed by atoms with Crippen molar-refractivity contribution in [3.05, 3.63) is 111 Å². The zero-order chi connectivity index (χ0) is 29.5. The highest BCUT2D eigenvalue weighted by Gasteiger charge is 2.48. The van der Waals surface area contributed by atoms with Gasteiger partial charge in [-0.25, -0.2) is 4.98 Å². The molecular formula is C33H28N2O6S. The predicted molar refractivity (Wildman–Crippen MR) is 159 cm³/mol. The number of thiazole rings is 1. The first kappa shape index (κ1) is 27.4. The molecule has 2 atom stereocenters. The molecule has 0 saturated carbocycles. The van der Waals surface area contributed by atoms with Gasteiger partial charge in [-0.2, -0.15) is 0 Å². The number of anilines is 1. The molecule has 2 aliphatic rings. The Kier molecular flexibility index (Phi) is 7.12. The number of aryl methyl sites for hydroxylation is 1. The average Bonchev–Trinajstić information content (AvgIpc) is 3.64. The second-order valence-corrected chi connectivity index (χ2v) is 11.4. The van der Waals surface area contributed by atoms with Gasteiger partial charge in [-0.15, -0.1) is 0 Å². The van der Waals surface area contributed by atoms with E-state index < -0.39 is 17.7 Å². The van der Waals surface area contributed by atoms with Crippen LogP contribution in [0.4, 0.5) is 5.13 Å². The number of fused-ring (bicyclic) bond motifs is 1. The van der Waals surface area contributed by atoms with E-state index in [1.807, 2.05) is 37.3 Å². The zero-order valence-electron chi connectivity index (χ0n) is 23.3. The first-order chi connectivity index (χ1) is 20.2.